The second kappa shape index (κ2) is 10.1. The summed E-state index contributed by atoms with van der Waals surface area (Å²) in [5.74, 6) is -0.205. The van der Waals surface area contributed by atoms with E-state index in [0.717, 1.165) is 56.9 Å². The lowest BCUT2D eigenvalue weighted by atomic mass is 9.37. The lowest BCUT2D eigenvalue weighted by Gasteiger charge is -2.65. The van der Waals surface area contributed by atoms with Crippen molar-refractivity contribution in [3.63, 3.8) is 0 Å². The van der Waals surface area contributed by atoms with Crippen LogP contribution in [-0.4, -0.2) is 38.8 Å². The molecule has 4 saturated carbocycles. The van der Waals surface area contributed by atoms with Gasteiger partial charge in [0, 0.05) is 22.3 Å². The number of hydrogen-bond donors (Lipinski definition) is 0. The molecule has 0 aromatic carbocycles. The molecule has 0 N–H and O–H groups in total. The monoisotopic (exact) mass is 600 g/mol. The van der Waals surface area contributed by atoms with Crippen molar-refractivity contribution in [1.82, 2.24) is 0 Å². The smallest absolute Gasteiger partial charge is 0.312 e. The molecule has 0 spiro atoms. The zero-order valence-electron chi connectivity index (χ0n) is 27.1. The predicted molar refractivity (Wildman–Crippen MR) is 164 cm³/mol. The normalized spacial score (nSPS) is 41.6. The van der Waals surface area contributed by atoms with Gasteiger partial charge in [-0.15, -0.1) is 0 Å². The summed E-state index contributed by atoms with van der Waals surface area (Å²) < 4.78 is 31.4. The van der Waals surface area contributed by atoms with E-state index in [1.807, 2.05) is 26.8 Å². The van der Waals surface area contributed by atoms with Gasteiger partial charge >= 0.3 is 5.97 Å². The van der Waals surface area contributed by atoms with Crippen molar-refractivity contribution in [3.05, 3.63) is 22.6 Å². The Morgan fingerprint density at radius 2 is 1.69 bits per heavy atom. The molecule has 0 amide bonds. The van der Waals surface area contributed by atoms with Gasteiger partial charge in [0.25, 0.3) is 0 Å². The van der Waals surface area contributed by atoms with Crippen molar-refractivity contribution >= 4 is 27.4 Å². The molecular formula is C35H52O6S. The van der Waals surface area contributed by atoms with Crippen LogP contribution in [-0.2, 0) is 29.0 Å². The van der Waals surface area contributed by atoms with Crippen LogP contribution in [0.2, 0.25) is 0 Å². The van der Waals surface area contributed by atoms with Crippen molar-refractivity contribution in [2.75, 3.05) is 12.9 Å². The maximum atomic E-state index is 14.5. The number of carbonyl (C=O) groups is 3. The van der Waals surface area contributed by atoms with Gasteiger partial charge in [-0.05, 0) is 97.9 Å². The van der Waals surface area contributed by atoms with Crippen molar-refractivity contribution in [2.24, 2.45) is 50.7 Å². The van der Waals surface area contributed by atoms with Crippen LogP contribution < -0.4 is 0 Å². The highest BCUT2D eigenvalue weighted by molar-refractivity contribution is 7.94. The summed E-state index contributed by atoms with van der Waals surface area (Å²) in [5.41, 5.74) is -0.583. The van der Waals surface area contributed by atoms with E-state index < -0.39 is 26.1 Å². The summed E-state index contributed by atoms with van der Waals surface area (Å²) in [6.45, 7) is 14.9. The Morgan fingerprint density at radius 3 is 2.33 bits per heavy atom. The van der Waals surface area contributed by atoms with Crippen LogP contribution in [0.3, 0.4) is 0 Å². The maximum Gasteiger partial charge on any atom is 0.312 e. The molecule has 0 unspecified atom stereocenters. The van der Waals surface area contributed by atoms with Gasteiger partial charge < -0.3 is 4.74 Å². The van der Waals surface area contributed by atoms with E-state index in [1.54, 1.807) is 0 Å². The molecule has 5 aliphatic rings. The van der Waals surface area contributed by atoms with Crippen LogP contribution in [0.1, 0.15) is 113 Å². The predicted octanol–water partition coefficient (Wildman–Crippen LogP) is 7.03. The zero-order valence-corrected chi connectivity index (χ0v) is 27.9. The summed E-state index contributed by atoms with van der Waals surface area (Å²) in [4.78, 5) is 41.7. The molecule has 7 atom stereocenters. The Morgan fingerprint density at radius 1 is 1.02 bits per heavy atom. The standard InChI is InChI=1S/C35H52O6S/c1-9-10-17-42(39,40)21-22-19-34(7)24-18-26(36)28-25-20-31(2,3)13-15-35(25,30(38)41-8)16-14-33(28,6)23(24)11-12-27(34)32(4,5)29(22)37/h18,21,23,25,27-28H,9-17,19-20H2,1-8H3/b22-21+/t23-,25+,27+,28+,33+,34-,35+/m1/s1. The second-order valence-electron chi connectivity index (χ2n) is 16.3. The van der Waals surface area contributed by atoms with Crippen LogP contribution in [0.25, 0.3) is 0 Å². The lowest BCUT2D eigenvalue weighted by Crippen LogP contribution is -2.63. The Bertz CT molecular complexity index is 1350. The first-order valence-electron chi connectivity index (χ1n) is 16.2. The number of esters is 1. The van der Waals surface area contributed by atoms with E-state index >= 15 is 0 Å². The third-order valence-corrected chi connectivity index (χ3v) is 14.4. The van der Waals surface area contributed by atoms with Crippen molar-refractivity contribution in [2.45, 2.75) is 113 Å². The number of unbranched alkanes of at least 4 members (excludes halogenated alkanes) is 1. The Kier molecular flexibility index (Phi) is 7.64. The molecule has 0 aromatic rings. The number of hydrogen-bond acceptors (Lipinski definition) is 6. The third kappa shape index (κ3) is 4.61. The molecule has 0 saturated heterocycles. The van der Waals surface area contributed by atoms with E-state index in [1.165, 1.54) is 12.5 Å². The average Bonchev–Trinajstić information content (AvgIpc) is 2.90. The fourth-order valence-electron chi connectivity index (χ4n) is 10.7. The topological polar surface area (TPSA) is 94.6 Å². The molecular weight excluding hydrogens is 548 g/mol. The molecule has 5 rings (SSSR count). The minimum absolute atomic E-state index is 0.0230. The van der Waals surface area contributed by atoms with Gasteiger partial charge in [0.05, 0.1) is 18.3 Å². The number of fused-ring (bicyclic) bond motifs is 7. The summed E-state index contributed by atoms with van der Waals surface area (Å²) in [7, 11) is -2.04. The zero-order chi connectivity index (χ0) is 31.1. The second-order valence-corrected chi connectivity index (χ2v) is 18.3. The number of carbonyl (C=O) groups excluding carboxylic acids is 3. The molecule has 5 aliphatic carbocycles. The van der Waals surface area contributed by atoms with E-state index in [-0.39, 0.29) is 57.8 Å². The highest BCUT2D eigenvalue weighted by atomic mass is 32.2. The molecule has 0 heterocycles. The molecule has 234 valence electrons. The molecule has 0 radical (unpaired) electrons. The van der Waals surface area contributed by atoms with Crippen LogP contribution in [0, 0.1) is 50.7 Å². The third-order valence-electron chi connectivity index (χ3n) is 12.9. The number of methoxy groups -OCH3 is 1. The number of sulfone groups is 1. The maximum absolute atomic E-state index is 14.5. The molecule has 0 bridgehead atoms. The van der Waals surface area contributed by atoms with Gasteiger partial charge in [-0.1, -0.05) is 60.5 Å². The largest absolute Gasteiger partial charge is 0.469 e. The quantitative estimate of drug-likeness (QED) is 0.248. The molecule has 0 aliphatic heterocycles. The van der Waals surface area contributed by atoms with Gasteiger partial charge in [0.2, 0.25) is 0 Å². The first-order valence-corrected chi connectivity index (χ1v) is 17.9. The number of Topliss-reactive ketones (excluding diaryl/α,β-unsaturated/α-hetero) is 1. The van der Waals surface area contributed by atoms with Gasteiger partial charge in [0.1, 0.15) is 0 Å². The number of rotatable bonds is 5. The molecule has 0 aromatic heterocycles. The van der Waals surface area contributed by atoms with Gasteiger partial charge in [-0.25, -0.2) is 8.42 Å². The van der Waals surface area contributed by atoms with Crippen LogP contribution in [0.4, 0.5) is 0 Å². The van der Waals surface area contributed by atoms with E-state index in [2.05, 4.69) is 27.7 Å². The van der Waals surface area contributed by atoms with E-state index in [9.17, 15) is 22.8 Å². The Hall–Kier alpha value is -1.76. The molecule has 7 heteroatoms. The molecule has 42 heavy (non-hydrogen) atoms. The lowest BCUT2D eigenvalue weighted by molar-refractivity contribution is -0.183. The number of allylic oxidation sites excluding steroid dienone is 3. The van der Waals surface area contributed by atoms with Crippen molar-refractivity contribution in [1.29, 1.82) is 0 Å². The van der Waals surface area contributed by atoms with Crippen molar-refractivity contribution < 1.29 is 27.5 Å². The van der Waals surface area contributed by atoms with E-state index in [4.69, 9.17) is 4.74 Å². The van der Waals surface area contributed by atoms with Gasteiger partial charge in [-0.2, -0.15) is 0 Å². The fraction of sp³-hybridized carbons (Fsp3) is 0.800. The molecule has 4 fully saturated rings. The summed E-state index contributed by atoms with van der Waals surface area (Å²) >= 11 is 0. The summed E-state index contributed by atoms with van der Waals surface area (Å²) in [5, 5.41) is 1.27. The van der Waals surface area contributed by atoms with E-state index in [0.29, 0.717) is 18.4 Å². The minimum Gasteiger partial charge on any atom is -0.469 e. The van der Waals surface area contributed by atoms with Crippen LogP contribution in [0.15, 0.2) is 22.6 Å². The molecule has 6 nitrogen and oxygen atoms in total. The first kappa shape index (κ1) is 31.7. The van der Waals surface area contributed by atoms with Crippen LogP contribution >= 0.6 is 0 Å². The summed E-state index contributed by atoms with van der Waals surface area (Å²) in [6, 6.07) is 0. The number of ketones is 2. The highest BCUT2D eigenvalue weighted by Crippen LogP contribution is 2.71. The SMILES string of the molecule is CCCCS(=O)(=O)/C=C1\C[C@]2(C)C3=CC(=O)[C@@H]4[C@@H]5CC(C)(C)CC[C@]5(C(=O)OC)CC[C@@]4(C)[C@@H]3CC[C@H]2C(C)(C)C1=O. The average molecular weight is 601 g/mol. The van der Waals surface area contributed by atoms with Gasteiger partial charge in [0.15, 0.2) is 21.4 Å². The fourth-order valence-corrected chi connectivity index (χ4v) is 12.1. The van der Waals surface area contributed by atoms with Gasteiger partial charge in [-0.3, -0.25) is 14.4 Å². The highest BCUT2D eigenvalue weighted by Gasteiger charge is 2.68. The minimum atomic E-state index is -3.52. The Balaban J connectivity index is 1.60. The Labute approximate surface area is 253 Å². The van der Waals surface area contributed by atoms with Crippen LogP contribution in [0.5, 0.6) is 0 Å². The number of ether oxygens (including phenoxy) is 1. The first-order chi connectivity index (χ1) is 19.4. The van der Waals surface area contributed by atoms with Crippen molar-refractivity contribution in [3.8, 4) is 0 Å². The summed E-state index contributed by atoms with van der Waals surface area (Å²) in [6.07, 6.45) is 9.40.